The number of amides is 1. The Hall–Kier alpha value is -4.21. The van der Waals surface area contributed by atoms with Crippen LogP contribution >= 0.6 is 0 Å². The van der Waals surface area contributed by atoms with Crippen molar-refractivity contribution in [1.82, 2.24) is 30.5 Å². The minimum atomic E-state index is -4.41. The van der Waals surface area contributed by atoms with E-state index in [1.807, 2.05) is 24.3 Å². The lowest BCUT2D eigenvalue weighted by Crippen LogP contribution is -2.27. The van der Waals surface area contributed by atoms with Crippen molar-refractivity contribution in [3.63, 3.8) is 0 Å². The molecule has 1 atom stereocenters. The Balaban J connectivity index is 1.40. The second-order valence-corrected chi connectivity index (χ2v) is 7.62. The molecular weight excluding hydrogens is 433 g/mol. The number of rotatable bonds is 4. The summed E-state index contributed by atoms with van der Waals surface area (Å²) in [5.41, 5.74) is 3.48. The van der Waals surface area contributed by atoms with Crippen LogP contribution in [0.1, 0.15) is 34.7 Å². The number of alkyl halides is 3. The fraction of sp³-hybridized carbons (Fsp3) is 0.130. The van der Waals surface area contributed by atoms with Crippen LogP contribution in [-0.2, 0) is 6.18 Å². The molecule has 0 aliphatic carbocycles. The van der Waals surface area contributed by atoms with Crippen molar-refractivity contribution in [1.29, 1.82) is 0 Å². The van der Waals surface area contributed by atoms with E-state index in [4.69, 9.17) is 0 Å². The van der Waals surface area contributed by atoms with Crippen LogP contribution in [0, 0.1) is 0 Å². The van der Waals surface area contributed by atoms with Crippen LogP contribution in [0.5, 0.6) is 0 Å². The number of imidazole rings is 1. The standard InChI is InChI=1S/C23H17F3N6O/c1-12(13-2-4-15(5-3-13)23(24,25)26)28-22(33)21-29-18-10-16-17(11-19(18)30-21)31-32-20(16)14-6-8-27-9-7-14/h2-12H,1H3,(H,28,33)(H,29,30)(H,31,32)/t12-/m1/s1. The maximum Gasteiger partial charge on any atom is 0.416 e. The zero-order chi connectivity index (χ0) is 23.2. The molecule has 0 spiro atoms. The Bertz CT molecular complexity index is 1460. The van der Waals surface area contributed by atoms with Crippen molar-refractivity contribution in [2.75, 3.05) is 0 Å². The number of aromatic nitrogens is 5. The SMILES string of the molecule is C[C@@H](NC(=O)c1nc2cc3c(-c4ccncc4)n[nH]c3cc2[nH]1)c1ccc(C(F)(F)F)cc1. The molecule has 10 heteroatoms. The fourth-order valence-corrected chi connectivity index (χ4v) is 3.67. The van der Waals surface area contributed by atoms with E-state index in [1.54, 1.807) is 19.3 Å². The number of H-pyrrole nitrogens is 2. The number of pyridine rings is 1. The molecule has 3 aromatic heterocycles. The van der Waals surface area contributed by atoms with Gasteiger partial charge >= 0.3 is 6.18 Å². The molecule has 2 aromatic carbocycles. The summed E-state index contributed by atoms with van der Waals surface area (Å²) < 4.78 is 38.3. The monoisotopic (exact) mass is 450 g/mol. The van der Waals surface area contributed by atoms with Crippen molar-refractivity contribution in [2.45, 2.75) is 19.1 Å². The minimum absolute atomic E-state index is 0.106. The number of nitrogens with one attached hydrogen (secondary N) is 3. The van der Waals surface area contributed by atoms with Gasteiger partial charge in [0, 0.05) is 23.3 Å². The summed E-state index contributed by atoms with van der Waals surface area (Å²) in [4.78, 5) is 24.1. The van der Waals surface area contributed by atoms with E-state index in [-0.39, 0.29) is 5.82 Å². The highest BCUT2D eigenvalue weighted by molar-refractivity contribution is 6.02. The Kier molecular flexibility index (Phi) is 4.85. The first-order valence-corrected chi connectivity index (χ1v) is 10.1. The number of benzene rings is 2. The predicted molar refractivity (Wildman–Crippen MR) is 116 cm³/mol. The third kappa shape index (κ3) is 3.91. The van der Waals surface area contributed by atoms with Gasteiger partial charge in [-0.1, -0.05) is 12.1 Å². The van der Waals surface area contributed by atoms with E-state index in [1.165, 1.54) is 12.1 Å². The Labute approximate surface area is 185 Å². The number of carbonyl (C=O) groups excluding carboxylic acids is 1. The molecule has 0 saturated heterocycles. The van der Waals surface area contributed by atoms with Gasteiger partial charge in [0.2, 0.25) is 0 Å². The van der Waals surface area contributed by atoms with Gasteiger partial charge in [0.1, 0.15) is 5.69 Å². The van der Waals surface area contributed by atoms with Gasteiger partial charge in [-0.25, -0.2) is 4.98 Å². The van der Waals surface area contributed by atoms with Gasteiger partial charge in [-0.2, -0.15) is 18.3 Å². The normalized spacial score (nSPS) is 12.8. The average molecular weight is 450 g/mol. The highest BCUT2D eigenvalue weighted by Gasteiger charge is 2.30. The molecule has 0 unspecified atom stereocenters. The molecule has 3 heterocycles. The van der Waals surface area contributed by atoms with Gasteiger partial charge < -0.3 is 10.3 Å². The molecule has 0 bridgehead atoms. The quantitative estimate of drug-likeness (QED) is 0.358. The van der Waals surface area contributed by atoms with Crippen LogP contribution in [0.4, 0.5) is 13.2 Å². The predicted octanol–water partition coefficient (Wildman–Crippen LogP) is 5.01. The smallest absolute Gasteiger partial charge is 0.343 e. The maximum absolute atomic E-state index is 12.8. The Morgan fingerprint density at radius 2 is 1.76 bits per heavy atom. The molecule has 3 N–H and O–H groups in total. The van der Waals surface area contributed by atoms with E-state index in [0.717, 1.165) is 34.3 Å². The molecule has 33 heavy (non-hydrogen) atoms. The fourth-order valence-electron chi connectivity index (χ4n) is 3.67. The second-order valence-electron chi connectivity index (χ2n) is 7.62. The van der Waals surface area contributed by atoms with Crippen molar-refractivity contribution in [3.8, 4) is 11.3 Å². The van der Waals surface area contributed by atoms with Gasteiger partial charge in [0.05, 0.1) is 28.2 Å². The van der Waals surface area contributed by atoms with Gasteiger partial charge in [-0.3, -0.25) is 14.9 Å². The highest BCUT2D eigenvalue weighted by atomic mass is 19.4. The van der Waals surface area contributed by atoms with E-state index in [9.17, 15) is 18.0 Å². The lowest BCUT2D eigenvalue weighted by Gasteiger charge is -2.14. The Morgan fingerprint density at radius 1 is 1.03 bits per heavy atom. The van der Waals surface area contributed by atoms with Crippen molar-refractivity contribution in [2.24, 2.45) is 0 Å². The maximum atomic E-state index is 12.8. The van der Waals surface area contributed by atoms with Gasteiger partial charge in [0.25, 0.3) is 5.91 Å². The van der Waals surface area contributed by atoms with Crippen LogP contribution in [0.3, 0.4) is 0 Å². The van der Waals surface area contributed by atoms with Crippen molar-refractivity contribution in [3.05, 3.63) is 77.9 Å². The summed E-state index contributed by atoms with van der Waals surface area (Å²) in [7, 11) is 0. The first-order valence-electron chi connectivity index (χ1n) is 10.1. The lowest BCUT2D eigenvalue weighted by atomic mass is 10.1. The van der Waals surface area contributed by atoms with E-state index in [0.29, 0.717) is 16.6 Å². The van der Waals surface area contributed by atoms with Crippen LogP contribution in [0.2, 0.25) is 0 Å². The van der Waals surface area contributed by atoms with Crippen LogP contribution in [-0.4, -0.2) is 31.1 Å². The Morgan fingerprint density at radius 3 is 2.45 bits per heavy atom. The zero-order valence-corrected chi connectivity index (χ0v) is 17.2. The number of halogens is 3. The number of fused-ring (bicyclic) bond motifs is 2. The van der Waals surface area contributed by atoms with E-state index in [2.05, 4.69) is 30.5 Å². The topological polar surface area (TPSA) is 99.3 Å². The molecule has 5 aromatic rings. The average Bonchev–Trinajstić information content (AvgIpc) is 3.41. The second kappa shape index (κ2) is 7.73. The molecule has 0 aliphatic rings. The lowest BCUT2D eigenvalue weighted by molar-refractivity contribution is -0.137. The van der Waals surface area contributed by atoms with Gasteiger partial charge in [-0.05, 0) is 48.9 Å². The number of hydrogen-bond donors (Lipinski definition) is 3. The molecule has 5 rings (SSSR count). The zero-order valence-electron chi connectivity index (χ0n) is 17.2. The summed E-state index contributed by atoms with van der Waals surface area (Å²) in [6.07, 6.45) is -1.04. The number of nitrogens with zero attached hydrogens (tertiary/aromatic N) is 3. The summed E-state index contributed by atoms with van der Waals surface area (Å²) in [5.74, 6) is -0.357. The molecule has 7 nitrogen and oxygen atoms in total. The van der Waals surface area contributed by atoms with Crippen molar-refractivity contribution >= 4 is 27.8 Å². The first kappa shape index (κ1) is 20.7. The first-order chi connectivity index (χ1) is 15.8. The van der Waals surface area contributed by atoms with Crippen LogP contribution in [0.15, 0.2) is 60.9 Å². The van der Waals surface area contributed by atoms with Crippen LogP contribution < -0.4 is 5.32 Å². The number of aromatic amines is 2. The number of carbonyl (C=O) groups is 1. The summed E-state index contributed by atoms with van der Waals surface area (Å²) in [6.45, 7) is 1.69. The summed E-state index contributed by atoms with van der Waals surface area (Å²) in [6, 6.07) is 11.6. The summed E-state index contributed by atoms with van der Waals surface area (Å²) >= 11 is 0. The number of hydrogen-bond acceptors (Lipinski definition) is 4. The third-order valence-corrected chi connectivity index (χ3v) is 5.42. The largest absolute Gasteiger partial charge is 0.416 e. The molecule has 0 radical (unpaired) electrons. The van der Waals surface area contributed by atoms with E-state index < -0.39 is 23.7 Å². The third-order valence-electron chi connectivity index (χ3n) is 5.42. The van der Waals surface area contributed by atoms with Gasteiger partial charge in [-0.15, -0.1) is 0 Å². The molecule has 0 fully saturated rings. The van der Waals surface area contributed by atoms with E-state index >= 15 is 0 Å². The molecule has 0 aliphatic heterocycles. The van der Waals surface area contributed by atoms with Crippen LogP contribution in [0.25, 0.3) is 33.2 Å². The highest BCUT2D eigenvalue weighted by Crippen LogP contribution is 2.30. The molecule has 166 valence electrons. The van der Waals surface area contributed by atoms with Crippen molar-refractivity contribution < 1.29 is 18.0 Å². The summed E-state index contributed by atoms with van der Waals surface area (Å²) in [5, 5.41) is 11.0. The molecule has 0 saturated carbocycles. The minimum Gasteiger partial charge on any atom is -0.343 e. The molecule has 1 amide bonds. The molecular formula is C23H17F3N6O. The van der Waals surface area contributed by atoms with Gasteiger partial charge in [0.15, 0.2) is 5.82 Å².